The molecule has 2 N–H and O–H groups in total. The van der Waals surface area contributed by atoms with Gasteiger partial charge in [0.1, 0.15) is 5.75 Å². The molecule has 33 heavy (non-hydrogen) atoms. The maximum atomic E-state index is 11.2. The molecule has 1 aliphatic rings. The van der Waals surface area contributed by atoms with E-state index in [1.807, 2.05) is 18.3 Å². The molecule has 0 saturated heterocycles. The highest BCUT2D eigenvalue weighted by Crippen LogP contribution is 2.49. The second-order valence-electron chi connectivity index (χ2n) is 9.21. The van der Waals surface area contributed by atoms with Crippen molar-refractivity contribution in [1.82, 2.24) is 9.88 Å². The van der Waals surface area contributed by atoms with Crippen LogP contribution >= 0.6 is 0 Å². The van der Waals surface area contributed by atoms with E-state index in [9.17, 15) is 9.90 Å². The zero-order valence-electron chi connectivity index (χ0n) is 20.0. The van der Waals surface area contributed by atoms with Gasteiger partial charge in [0.2, 0.25) is 0 Å². The summed E-state index contributed by atoms with van der Waals surface area (Å²) in [6.45, 7) is 9.48. The van der Waals surface area contributed by atoms with Crippen molar-refractivity contribution in [2.24, 2.45) is 5.92 Å². The summed E-state index contributed by atoms with van der Waals surface area (Å²) < 4.78 is 11.9. The number of H-pyrrole nitrogens is 1. The van der Waals surface area contributed by atoms with Gasteiger partial charge in [-0.25, -0.2) is 4.79 Å². The molecule has 1 saturated carbocycles. The molecule has 0 spiro atoms. The van der Waals surface area contributed by atoms with Crippen LogP contribution in [0.15, 0.2) is 42.6 Å². The maximum absolute atomic E-state index is 11.2. The van der Waals surface area contributed by atoms with Gasteiger partial charge >= 0.3 is 5.97 Å². The monoisotopic (exact) mass is 450 g/mol. The fourth-order valence-electron chi connectivity index (χ4n) is 4.95. The van der Waals surface area contributed by atoms with Crippen LogP contribution in [0, 0.1) is 12.8 Å². The first-order valence-corrected chi connectivity index (χ1v) is 11.7. The fourth-order valence-corrected chi connectivity index (χ4v) is 4.95. The Kier molecular flexibility index (Phi) is 6.77. The van der Waals surface area contributed by atoms with Crippen LogP contribution in [-0.2, 0) is 17.8 Å². The molecule has 0 radical (unpaired) electrons. The number of fused-ring (bicyclic) bond motifs is 1. The maximum Gasteiger partial charge on any atom is 0.335 e. The van der Waals surface area contributed by atoms with Crippen LogP contribution in [0.4, 0.5) is 0 Å². The van der Waals surface area contributed by atoms with Crippen LogP contribution in [0.2, 0.25) is 0 Å². The van der Waals surface area contributed by atoms with Crippen molar-refractivity contribution >= 4 is 16.9 Å². The van der Waals surface area contributed by atoms with Crippen molar-refractivity contribution in [2.75, 3.05) is 20.3 Å². The van der Waals surface area contributed by atoms with E-state index < -0.39 is 5.97 Å². The Morgan fingerprint density at radius 2 is 1.97 bits per heavy atom. The van der Waals surface area contributed by atoms with E-state index in [0.29, 0.717) is 11.5 Å². The Morgan fingerprint density at radius 3 is 2.58 bits per heavy atom. The Bertz CT molecular complexity index is 1120. The van der Waals surface area contributed by atoms with Crippen LogP contribution in [-0.4, -0.2) is 46.8 Å². The second kappa shape index (κ2) is 9.57. The van der Waals surface area contributed by atoms with Gasteiger partial charge in [0.05, 0.1) is 18.3 Å². The molecule has 0 bridgehead atoms. The molecule has 2 atom stereocenters. The Balaban J connectivity index is 1.61. The van der Waals surface area contributed by atoms with Crippen molar-refractivity contribution < 1.29 is 19.4 Å². The highest BCUT2D eigenvalue weighted by molar-refractivity contribution is 5.88. The van der Waals surface area contributed by atoms with Gasteiger partial charge in [-0.05, 0) is 68.0 Å². The van der Waals surface area contributed by atoms with Gasteiger partial charge in [-0.3, -0.25) is 4.90 Å². The number of aromatic amines is 1. The van der Waals surface area contributed by atoms with Gasteiger partial charge in [0.15, 0.2) is 0 Å². The molecule has 0 aliphatic heterocycles. The van der Waals surface area contributed by atoms with Gasteiger partial charge < -0.3 is 19.6 Å². The van der Waals surface area contributed by atoms with E-state index in [1.165, 1.54) is 5.39 Å². The number of carboxylic acid groups (broad SMARTS) is 1. The number of methoxy groups -OCH3 is 1. The smallest absolute Gasteiger partial charge is 0.335 e. The predicted molar refractivity (Wildman–Crippen MR) is 130 cm³/mol. The van der Waals surface area contributed by atoms with Crippen LogP contribution in [0.5, 0.6) is 5.75 Å². The predicted octanol–water partition coefficient (Wildman–Crippen LogP) is 5.39. The minimum Gasteiger partial charge on any atom is -0.496 e. The molecule has 1 aliphatic carbocycles. The number of nitrogens with zero attached hydrogens (tertiary/aromatic N) is 1. The number of rotatable bonds is 11. The number of aryl methyl sites for hydroxylation is 1. The zero-order chi connectivity index (χ0) is 23.6. The first kappa shape index (κ1) is 23.3. The van der Waals surface area contributed by atoms with E-state index in [0.717, 1.165) is 67.0 Å². The van der Waals surface area contributed by atoms with E-state index >= 15 is 0 Å². The van der Waals surface area contributed by atoms with E-state index in [2.05, 4.69) is 42.8 Å². The average Bonchev–Trinajstić information content (AvgIpc) is 3.19. The normalized spacial score (nSPS) is 19.8. The number of hydrogen-bond donors (Lipinski definition) is 2. The first-order valence-electron chi connectivity index (χ1n) is 11.7. The number of aromatic carboxylic acids is 1. The van der Waals surface area contributed by atoms with Crippen molar-refractivity contribution in [1.29, 1.82) is 0 Å². The van der Waals surface area contributed by atoms with Crippen LogP contribution < -0.4 is 4.74 Å². The largest absolute Gasteiger partial charge is 0.496 e. The molecule has 0 amide bonds. The minimum atomic E-state index is -0.904. The number of carboxylic acids is 1. The lowest BCUT2D eigenvalue weighted by atomic mass is 10.0. The fraction of sp³-hybridized carbons (Fsp3) is 0.444. The van der Waals surface area contributed by atoms with E-state index in [1.54, 1.807) is 19.2 Å². The van der Waals surface area contributed by atoms with E-state index in [4.69, 9.17) is 9.47 Å². The molecule has 1 fully saturated rings. The molecule has 6 nitrogen and oxygen atoms in total. The number of nitrogens with one attached hydrogen (secondary N) is 1. The Labute approximate surface area is 195 Å². The second-order valence-corrected chi connectivity index (χ2v) is 9.21. The van der Waals surface area contributed by atoms with Gasteiger partial charge in [-0.15, -0.1) is 0 Å². The highest BCUT2D eigenvalue weighted by Gasteiger charge is 2.51. The molecule has 176 valence electrons. The molecule has 2 aromatic carbocycles. The molecule has 3 aromatic rings. The third kappa shape index (κ3) is 4.92. The summed E-state index contributed by atoms with van der Waals surface area (Å²) in [4.78, 5) is 17.0. The summed E-state index contributed by atoms with van der Waals surface area (Å²) in [5.74, 6) is 0.573. The number of aromatic nitrogens is 1. The topological polar surface area (TPSA) is 74.8 Å². The molecule has 4 rings (SSSR count). The molecule has 1 heterocycles. The summed E-state index contributed by atoms with van der Waals surface area (Å²) in [5.41, 5.74) is 4.84. The SMILES string of the molecule is CCOC1(CCN(Cc2ccc(C(=O)O)cc2)Cc2c(OC)cc(C)c3[nH]ccc23)CC1C. The van der Waals surface area contributed by atoms with Crippen molar-refractivity contribution in [3.05, 3.63) is 64.8 Å². The summed E-state index contributed by atoms with van der Waals surface area (Å²) in [5, 5.41) is 10.4. The lowest BCUT2D eigenvalue weighted by Gasteiger charge is -2.27. The van der Waals surface area contributed by atoms with Crippen molar-refractivity contribution in [2.45, 2.75) is 52.3 Å². The van der Waals surface area contributed by atoms with Crippen LogP contribution in [0.3, 0.4) is 0 Å². The molecular weight excluding hydrogens is 416 g/mol. The number of benzene rings is 2. The highest BCUT2D eigenvalue weighted by atomic mass is 16.5. The third-order valence-electron chi connectivity index (χ3n) is 6.99. The first-order chi connectivity index (χ1) is 15.9. The number of carbonyl (C=O) groups is 1. The number of hydrogen-bond acceptors (Lipinski definition) is 4. The molecule has 2 unspecified atom stereocenters. The standard InChI is InChI=1S/C27H34N2O4/c1-5-33-27(15-19(27)3)11-13-29(16-20-6-8-21(9-7-20)26(30)31)17-23-22-10-12-28-25(22)18(2)14-24(23)32-4/h6-10,12,14,19,28H,5,11,13,15-17H2,1-4H3,(H,30,31). The summed E-state index contributed by atoms with van der Waals surface area (Å²) >= 11 is 0. The minimum absolute atomic E-state index is 0.0130. The lowest BCUT2D eigenvalue weighted by Crippen LogP contribution is -2.29. The van der Waals surface area contributed by atoms with Gasteiger partial charge in [-0.2, -0.15) is 0 Å². The molecule has 1 aromatic heterocycles. The van der Waals surface area contributed by atoms with E-state index in [-0.39, 0.29) is 5.60 Å². The third-order valence-corrected chi connectivity index (χ3v) is 6.99. The molecule has 6 heteroatoms. The molecular formula is C27H34N2O4. The summed E-state index contributed by atoms with van der Waals surface area (Å²) in [6.07, 6.45) is 4.06. The van der Waals surface area contributed by atoms with Crippen molar-refractivity contribution in [3.63, 3.8) is 0 Å². The zero-order valence-corrected chi connectivity index (χ0v) is 20.0. The Hall–Kier alpha value is -2.83. The van der Waals surface area contributed by atoms with Crippen LogP contribution in [0.1, 0.15) is 53.7 Å². The van der Waals surface area contributed by atoms with Gasteiger partial charge in [0, 0.05) is 48.9 Å². The van der Waals surface area contributed by atoms with Gasteiger partial charge in [-0.1, -0.05) is 19.1 Å². The van der Waals surface area contributed by atoms with Crippen molar-refractivity contribution in [3.8, 4) is 5.75 Å². The summed E-state index contributed by atoms with van der Waals surface area (Å²) in [7, 11) is 1.72. The number of ether oxygens (including phenoxy) is 2. The van der Waals surface area contributed by atoms with Gasteiger partial charge in [0.25, 0.3) is 0 Å². The van der Waals surface area contributed by atoms with Crippen LogP contribution in [0.25, 0.3) is 10.9 Å². The summed E-state index contributed by atoms with van der Waals surface area (Å²) in [6, 6.07) is 11.4. The average molecular weight is 451 g/mol. The quantitative estimate of drug-likeness (QED) is 0.410. The Morgan fingerprint density at radius 1 is 1.24 bits per heavy atom. The lowest BCUT2D eigenvalue weighted by molar-refractivity contribution is 0.0160.